The van der Waals surface area contributed by atoms with Gasteiger partial charge < -0.3 is 10.3 Å². The Kier molecular flexibility index (Phi) is 4.84. The zero-order valence-corrected chi connectivity index (χ0v) is 13.6. The van der Waals surface area contributed by atoms with E-state index in [1.165, 1.54) is 6.20 Å². The molecule has 2 amide bonds. The Morgan fingerprint density at radius 2 is 2.08 bits per heavy atom. The first-order valence-electron chi connectivity index (χ1n) is 7.72. The first-order chi connectivity index (χ1) is 12.1. The average molecular weight is 335 g/mol. The van der Waals surface area contributed by atoms with Gasteiger partial charge in [-0.2, -0.15) is 5.10 Å². The maximum Gasteiger partial charge on any atom is 0.259 e. The predicted octanol–water partition coefficient (Wildman–Crippen LogP) is 1.75. The Morgan fingerprint density at radius 3 is 2.88 bits per heavy atom. The van der Waals surface area contributed by atoms with Crippen LogP contribution < -0.4 is 10.7 Å². The van der Waals surface area contributed by atoms with Gasteiger partial charge in [-0.05, 0) is 25.1 Å². The third-order valence-electron chi connectivity index (χ3n) is 3.66. The minimum Gasteiger partial charge on any atom is -0.358 e. The fourth-order valence-corrected chi connectivity index (χ4v) is 2.43. The number of hydrogen-bond donors (Lipinski definition) is 3. The van der Waals surface area contributed by atoms with Crippen molar-refractivity contribution < 1.29 is 9.59 Å². The van der Waals surface area contributed by atoms with E-state index in [2.05, 4.69) is 25.8 Å². The van der Waals surface area contributed by atoms with Gasteiger partial charge in [-0.3, -0.25) is 14.6 Å². The number of H-pyrrole nitrogens is 1. The number of aromatic nitrogens is 2. The second kappa shape index (κ2) is 7.39. The Labute approximate surface area is 144 Å². The molecule has 7 heteroatoms. The van der Waals surface area contributed by atoms with Crippen LogP contribution in [0.1, 0.15) is 21.6 Å². The molecule has 3 rings (SSSR count). The van der Waals surface area contributed by atoms with E-state index in [1.54, 1.807) is 24.5 Å². The van der Waals surface area contributed by atoms with Crippen LogP contribution in [0.5, 0.6) is 0 Å². The van der Waals surface area contributed by atoms with Crippen molar-refractivity contribution in [1.29, 1.82) is 0 Å². The summed E-state index contributed by atoms with van der Waals surface area (Å²) in [5.41, 5.74) is 5.69. The van der Waals surface area contributed by atoms with Crippen molar-refractivity contribution in [2.24, 2.45) is 5.10 Å². The number of carbonyl (C=O) groups excluding carboxylic acids is 2. The van der Waals surface area contributed by atoms with Gasteiger partial charge in [0.1, 0.15) is 0 Å². The van der Waals surface area contributed by atoms with Gasteiger partial charge >= 0.3 is 0 Å². The van der Waals surface area contributed by atoms with Crippen LogP contribution >= 0.6 is 0 Å². The molecule has 3 aromatic rings. The van der Waals surface area contributed by atoms with Crippen LogP contribution in [-0.2, 0) is 4.79 Å². The number of nitrogens with zero attached hydrogens (tertiary/aromatic N) is 2. The minimum atomic E-state index is -0.411. The summed E-state index contributed by atoms with van der Waals surface area (Å²) in [6.07, 6.45) is 4.60. The number of nitrogens with one attached hydrogen (secondary N) is 3. The summed E-state index contributed by atoms with van der Waals surface area (Å²) < 4.78 is 0. The molecule has 0 aliphatic carbocycles. The van der Waals surface area contributed by atoms with E-state index in [4.69, 9.17) is 0 Å². The minimum absolute atomic E-state index is 0.169. The zero-order valence-electron chi connectivity index (χ0n) is 13.6. The van der Waals surface area contributed by atoms with Gasteiger partial charge in [0.2, 0.25) is 0 Å². The van der Waals surface area contributed by atoms with Gasteiger partial charge in [0.25, 0.3) is 11.8 Å². The number of para-hydroxylation sites is 1. The molecule has 0 bridgehead atoms. The van der Waals surface area contributed by atoms with Crippen LogP contribution in [0.25, 0.3) is 10.9 Å². The maximum absolute atomic E-state index is 11.8. The van der Waals surface area contributed by atoms with E-state index < -0.39 is 5.91 Å². The zero-order chi connectivity index (χ0) is 17.6. The molecule has 2 aromatic heterocycles. The fourth-order valence-electron chi connectivity index (χ4n) is 2.43. The molecule has 0 spiro atoms. The van der Waals surface area contributed by atoms with Gasteiger partial charge in [-0.1, -0.05) is 18.2 Å². The lowest BCUT2D eigenvalue weighted by atomic mass is 10.1. The van der Waals surface area contributed by atoms with E-state index >= 15 is 0 Å². The van der Waals surface area contributed by atoms with E-state index in [0.29, 0.717) is 5.56 Å². The topological polar surface area (TPSA) is 99.2 Å². The van der Waals surface area contributed by atoms with E-state index in [-0.39, 0.29) is 12.5 Å². The standard InChI is InChI=1S/C18H17N5O2/c1-12-15(14-6-2-3-7-16(14)22-12)10-21-23-17(24)11-20-18(25)13-5-4-8-19-9-13/h2-10,22H,11H2,1H3,(H,20,25)(H,23,24)/b21-10-. The highest BCUT2D eigenvalue weighted by Gasteiger charge is 2.08. The van der Waals surface area contributed by atoms with E-state index in [1.807, 2.05) is 31.2 Å². The smallest absolute Gasteiger partial charge is 0.259 e. The third-order valence-corrected chi connectivity index (χ3v) is 3.66. The van der Waals surface area contributed by atoms with Crippen molar-refractivity contribution in [3.05, 3.63) is 65.6 Å². The highest BCUT2D eigenvalue weighted by Crippen LogP contribution is 2.19. The van der Waals surface area contributed by atoms with Crippen molar-refractivity contribution in [2.45, 2.75) is 6.92 Å². The van der Waals surface area contributed by atoms with Crippen molar-refractivity contribution in [2.75, 3.05) is 6.54 Å². The quantitative estimate of drug-likeness (QED) is 0.489. The lowest BCUT2D eigenvalue weighted by Gasteiger charge is -2.03. The molecule has 0 aliphatic rings. The summed E-state index contributed by atoms with van der Waals surface area (Å²) in [4.78, 5) is 30.7. The molecule has 3 N–H and O–H groups in total. The van der Waals surface area contributed by atoms with Crippen molar-refractivity contribution in [3.63, 3.8) is 0 Å². The van der Waals surface area contributed by atoms with Crippen molar-refractivity contribution >= 4 is 28.9 Å². The van der Waals surface area contributed by atoms with Gasteiger partial charge in [-0.25, -0.2) is 5.43 Å². The van der Waals surface area contributed by atoms with Crippen LogP contribution in [-0.4, -0.2) is 34.5 Å². The molecule has 0 saturated carbocycles. The van der Waals surface area contributed by atoms with Crippen molar-refractivity contribution in [3.8, 4) is 0 Å². The lowest BCUT2D eigenvalue weighted by molar-refractivity contribution is -0.120. The summed E-state index contributed by atoms with van der Waals surface area (Å²) in [6.45, 7) is 1.77. The molecular formula is C18H17N5O2. The predicted molar refractivity (Wildman–Crippen MR) is 95.3 cm³/mol. The highest BCUT2D eigenvalue weighted by molar-refractivity contribution is 6.01. The van der Waals surface area contributed by atoms with Crippen molar-refractivity contribution in [1.82, 2.24) is 20.7 Å². The summed E-state index contributed by atoms with van der Waals surface area (Å²) >= 11 is 0. The third kappa shape index (κ3) is 3.89. The number of amides is 2. The second-order valence-corrected chi connectivity index (χ2v) is 5.43. The number of carbonyl (C=O) groups is 2. The van der Waals surface area contributed by atoms with Gasteiger partial charge in [0.05, 0.1) is 18.3 Å². The molecule has 7 nitrogen and oxygen atoms in total. The summed E-state index contributed by atoms with van der Waals surface area (Å²) in [5, 5.41) is 7.51. The number of aromatic amines is 1. The highest BCUT2D eigenvalue weighted by atomic mass is 16.2. The monoisotopic (exact) mass is 335 g/mol. The molecule has 0 radical (unpaired) electrons. The molecule has 2 heterocycles. The van der Waals surface area contributed by atoms with E-state index in [9.17, 15) is 9.59 Å². The number of hydrazone groups is 1. The molecular weight excluding hydrogens is 318 g/mol. The van der Waals surface area contributed by atoms with Gasteiger partial charge in [-0.15, -0.1) is 0 Å². The Bertz CT molecular complexity index is 931. The normalized spacial score (nSPS) is 10.9. The van der Waals surface area contributed by atoms with Crippen LogP contribution in [0.15, 0.2) is 53.9 Å². The largest absolute Gasteiger partial charge is 0.358 e. The fraction of sp³-hybridized carbons (Fsp3) is 0.111. The molecule has 25 heavy (non-hydrogen) atoms. The number of rotatable bonds is 5. The summed E-state index contributed by atoms with van der Waals surface area (Å²) in [7, 11) is 0. The van der Waals surface area contributed by atoms with Crippen LogP contribution in [0, 0.1) is 6.92 Å². The molecule has 0 saturated heterocycles. The number of fused-ring (bicyclic) bond motifs is 1. The Hall–Kier alpha value is -3.48. The second-order valence-electron chi connectivity index (χ2n) is 5.43. The van der Waals surface area contributed by atoms with Crippen LogP contribution in [0.4, 0.5) is 0 Å². The van der Waals surface area contributed by atoms with Crippen LogP contribution in [0.2, 0.25) is 0 Å². The lowest BCUT2D eigenvalue weighted by Crippen LogP contribution is -2.34. The van der Waals surface area contributed by atoms with Crippen LogP contribution in [0.3, 0.4) is 0 Å². The van der Waals surface area contributed by atoms with Gasteiger partial charge in [0.15, 0.2) is 0 Å². The maximum atomic E-state index is 11.8. The molecule has 1 aromatic carbocycles. The summed E-state index contributed by atoms with van der Waals surface area (Å²) in [5.74, 6) is -0.773. The SMILES string of the molecule is Cc1[nH]c2ccccc2c1/C=N\NC(=O)CNC(=O)c1cccnc1. The van der Waals surface area contributed by atoms with E-state index in [0.717, 1.165) is 22.2 Å². The summed E-state index contributed by atoms with van der Waals surface area (Å²) in [6, 6.07) is 11.1. The molecule has 0 fully saturated rings. The average Bonchev–Trinajstić information content (AvgIpc) is 2.96. The number of pyridine rings is 1. The number of benzene rings is 1. The number of hydrogen-bond acceptors (Lipinski definition) is 4. The Morgan fingerprint density at radius 1 is 1.24 bits per heavy atom. The number of aryl methyl sites for hydroxylation is 1. The molecule has 126 valence electrons. The Balaban J connectivity index is 1.56. The first-order valence-corrected chi connectivity index (χ1v) is 7.72. The molecule has 0 atom stereocenters. The first kappa shape index (κ1) is 16.4. The molecule has 0 unspecified atom stereocenters. The molecule has 0 aliphatic heterocycles. The van der Waals surface area contributed by atoms with Gasteiger partial charge in [0, 0.05) is 34.6 Å².